The fourth-order valence-corrected chi connectivity index (χ4v) is 6.17. The van der Waals surface area contributed by atoms with E-state index in [1.807, 2.05) is 18.2 Å². The Labute approximate surface area is 211 Å². The van der Waals surface area contributed by atoms with Gasteiger partial charge < -0.3 is 16.0 Å². The molecule has 1 amide bonds. The summed E-state index contributed by atoms with van der Waals surface area (Å²) in [5, 5.41) is 5.50. The molecule has 2 aliphatic rings. The van der Waals surface area contributed by atoms with Crippen LogP contribution in [0, 0.1) is 5.92 Å². The Hall–Kier alpha value is -1.46. The van der Waals surface area contributed by atoms with Crippen molar-refractivity contribution in [3.8, 4) is 0 Å². The number of rotatable bonds is 6. The van der Waals surface area contributed by atoms with E-state index < -0.39 is 0 Å². The Morgan fingerprint density at radius 2 is 1.79 bits per heavy atom. The summed E-state index contributed by atoms with van der Waals surface area (Å²) in [5.41, 5.74) is 8.80. The lowest BCUT2D eigenvalue weighted by molar-refractivity contribution is -0.123. The van der Waals surface area contributed by atoms with Crippen LogP contribution in [0.25, 0.3) is 0 Å². The third-order valence-electron chi connectivity index (χ3n) is 7.36. The van der Waals surface area contributed by atoms with Gasteiger partial charge >= 0.3 is 0 Å². The Morgan fingerprint density at radius 3 is 2.48 bits per heavy atom. The van der Waals surface area contributed by atoms with E-state index >= 15 is 0 Å². The van der Waals surface area contributed by atoms with Crippen molar-refractivity contribution in [2.75, 3.05) is 18.4 Å². The Morgan fingerprint density at radius 1 is 1.03 bits per heavy atom. The van der Waals surface area contributed by atoms with Crippen molar-refractivity contribution in [1.82, 2.24) is 4.90 Å². The van der Waals surface area contributed by atoms with E-state index in [1.54, 1.807) is 6.07 Å². The molecule has 1 aliphatic heterocycles. The molecule has 178 valence electrons. The van der Waals surface area contributed by atoms with E-state index in [0.29, 0.717) is 27.0 Å². The van der Waals surface area contributed by atoms with Gasteiger partial charge in [-0.15, -0.1) is 0 Å². The summed E-state index contributed by atoms with van der Waals surface area (Å²) in [6, 6.07) is 12.4. The minimum absolute atomic E-state index is 0.00568. The van der Waals surface area contributed by atoms with Crippen LogP contribution in [0.5, 0.6) is 0 Å². The van der Waals surface area contributed by atoms with Gasteiger partial charge in [0.2, 0.25) is 5.91 Å². The first kappa shape index (κ1) is 24.7. The SMILES string of the molecule is C[C@@H](Nc1cc(C2CCN(C3CCC[C@H](C(N)=O)C3)CC2)ccc1Cl)c1ccc(Cl)cc1Cl. The molecule has 2 fully saturated rings. The monoisotopic (exact) mass is 507 g/mol. The van der Waals surface area contributed by atoms with Crippen molar-refractivity contribution in [2.45, 2.75) is 63.5 Å². The fraction of sp³-hybridized carbons (Fsp3) is 0.500. The molecule has 1 saturated heterocycles. The zero-order valence-corrected chi connectivity index (χ0v) is 21.3. The second kappa shape index (κ2) is 10.9. The highest BCUT2D eigenvalue weighted by Gasteiger charge is 2.32. The van der Waals surface area contributed by atoms with Gasteiger partial charge in [-0.2, -0.15) is 0 Å². The maximum absolute atomic E-state index is 11.7. The smallest absolute Gasteiger partial charge is 0.220 e. The molecule has 4 nitrogen and oxygen atoms in total. The van der Waals surface area contributed by atoms with Crippen molar-refractivity contribution in [3.63, 3.8) is 0 Å². The van der Waals surface area contributed by atoms with Gasteiger partial charge in [-0.25, -0.2) is 0 Å². The number of hydrogen-bond donors (Lipinski definition) is 2. The van der Waals surface area contributed by atoms with E-state index in [0.717, 1.165) is 56.4 Å². The lowest BCUT2D eigenvalue weighted by Gasteiger charge is -2.41. The van der Waals surface area contributed by atoms with Crippen LogP contribution in [-0.2, 0) is 4.79 Å². The molecule has 1 heterocycles. The third kappa shape index (κ3) is 5.97. The van der Waals surface area contributed by atoms with Crippen molar-refractivity contribution in [1.29, 1.82) is 0 Å². The first-order valence-corrected chi connectivity index (χ1v) is 13.0. The first-order chi connectivity index (χ1) is 15.8. The van der Waals surface area contributed by atoms with Crippen LogP contribution in [0.15, 0.2) is 36.4 Å². The molecule has 1 unspecified atom stereocenters. The predicted molar refractivity (Wildman–Crippen MR) is 138 cm³/mol. The summed E-state index contributed by atoms with van der Waals surface area (Å²) in [4.78, 5) is 14.2. The average molecular weight is 509 g/mol. The number of hydrogen-bond acceptors (Lipinski definition) is 3. The average Bonchev–Trinajstić information content (AvgIpc) is 2.80. The van der Waals surface area contributed by atoms with Crippen molar-refractivity contribution >= 4 is 46.4 Å². The fourth-order valence-electron chi connectivity index (χ4n) is 5.42. The number of carbonyl (C=O) groups excluding carboxylic acids is 1. The number of nitrogens with two attached hydrogens (primary N) is 1. The molecular formula is C26H32Cl3N3O. The van der Waals surface area contributed by atoms with Crippen LogP contribution in [0.3, 0.4) is 0 Å². The Bertz CT molecular complexity index is 991. The highest BCUT2D eigenvalue weighted by molar-refractivity contribution is 6.35. The molecule has 7 heteroatoms. The molecule has 1 aliphatic carbocycles. The zero-order chi connectivity index (χ0) is 23.5. The number of carbonyl (C=O) groups is 1. The molecule has 1 saturated carbocycles. The van der Waals surface area contributed by atoms with E-state index in [2.05, 4.69) is 29.3 Å². The minimum Gasteiger partial charge on any atom is -0.377 e. The number of halogens is 3. The molecule has 0 bridgehead atoms. The summed E-state index contributed by atoms with van der Waals surface area (Å²) in [6.07, 6.45) is 6.35. The standard InChI is InChI=1S/C26H32Cl3N3O/c1-16(22-7-6-20(27)15-24(22)29)31-25-14-18(5-8-23(25)28)17-9-11-32(12-10-17)21-4-2-3-19(13-21)26(30)33/h5-8,14-17,19,21,31H,2-4,9-13H2,1H3,(H2,30,33)/t16-,19+,21?/m1/s1. The first-order valence-electron chi connectivity index (χ1n) is 11.9. The molecule has 33 heavy (non-hydrogen) atoms. The van der Waals surface area contributed by atoms with E-state index in [1.165, 1.54) is 12.0 Å². The number of nitrogens with zero attached hydrogens (tertiary/aromatic N) is 1. The Kier molecular flexibility index (Phi) is 8.11. The summed E-state index contributed by atoms with van der Waals surface area (Å²) in [6.45, 7) is 4.19. The summed E-state index contributed by atoms with van der Waals surface area (Å²) < 4.78 is 0. The molecule has 3 N–H and O–H groups in total. The van der Waals surface area contributed by atoms with Crippen LogP contribution in [-0.4, -0.2) is 29.9 Å². The van der Waals surface area contributed by atoms with Crippen LogP contribution < -0.4 is 11.1 Å². The summed E-state index contributed by atoms with van der Waals surface area (Å²) in [7, 11) is 0. The molecule has 4 rings (SSSR count). The number of likely N-dealkylation sites (tertiary alicyclic amines) is 1. The second-order valence-corrected chi connectivity index (χ2v) is 10.8. The van der Waals surface area contributed by atoms with Crippen molar-refractivity contribution in [3.05, 3.63) is 62.6 Å². The maximum Gasteiger partial charge on any atom is 0.220 e. The maximum atomic E-state index is 11.7. The zero-order valence-electron chi connectivity index (χ0n) is 19.0. The van der Waals surface area contributed by atoms with Gasteiger partial charge in [-0.3, -0.25) is 4.79 Å². The summed E-state index contributed by atoms with van der Waals surface area (Å²) in [5.74, 6) is 0.413. The lowest BCUT2D eigenvalue weighted by atomic mass is 9.82. The van der Waals surface area contributed by atoms with Gasteiger partial charge in [0.1, 0.15) is 0 Å². The summed E-state index contributed by atoms with van der Waals surface area (Å²) >= 11 is 19.0. The van der Waals surface area contributed by atoms with Crippen LogP contribution in [0.1, 0.15) is 68.5 Å². The van der Waals surface area contributed by atoms with E-state index in [-0.39, 0.29) is 17.9 Å². The number of piperidine rings is 1. The van der Waals surface area contributed by atoms with E-state index in [4.69, 9.17) is 40.5 Å². The molecule has 0 spiro atoms. The van der Waals surface area contributed by atoms with Crippen molar-refractivity contribution < 1.29 is 4.79 Å². The van der Waals surface area contributed by atoms with Crippen LogP contribution in [0.4, 0.5) is 5.69 Å². The number of anilines is 1. The van der Waals surface area contributed by atoms with Crippen LogP contribution in [0.2, 0.25) is 15.1 Å². The molecule has 0 radical (unpaired) electrons. The second-order valence-electron chi connectivity index (χ2n) is 9.50. The van der Waals surface area contributed by atoms with Crippen LogP contribution >= 0.6 is 34.8 Å². The molecule has 3 atom stereocenters. The van der Waals surface area contributed by atoms with Gasteiger partial charge in [-0.1, -0.05) is 53.4 Å². The molecule has 0 aromatic heterocycles. The highest BCUT2D eigenvalue weighted by atomic mass is 35.5. The normalized spacial score (nSPS) is 23.3. The number of amides is 1. The molecular weight excluding hydrogens is 477 g/mol. The number of benzene rings is 2. The van der Waals surface area contributed by atoms with Gasteiger partial charge in [0, 0.05) is 22.0 Å². The predicted octanol–water partition coefficient (Wildman–Crippen LogP) is 7.04. The van der Waals surface area contributed by atoms with E-state index in [9.17, 15) is 4.79 Å². The minimum atomic E-state index is -0.134. The lowest BCUT2D eigenvalue weighted by Crippen LogP contribution is -2.45. The van der Waals surface area contributed by atoms with Gasteiger partial charge in [0.05, 0.1) is 16.8 Å². The van der Waals surface area contributed by atoms with Gasteiger partial charge in [0.15, 0.2) is 0 Å². The third-order valence-corrected chi connectivity index (χ3v) is 8.25. The number of nitrogens with one attached hydrogen (secondary N) is 1. The van der Waals surface area contributed by atoms with Gasteiger partial charge in [-0.05, 0) is 93.4 Å². The topological polar surface area (TPSA) is 58.4 Å². The van der Waals surface area contributed by atoms with Gasteiger partial charge in [0.25, 0.3) is 0 Å². The molecule has 2 aromatic carbocycles. The highest BCUT2D eigenvalue weighted by Crippen LogP contribution is 2.37. The van der Waals surface area contributed by atoms with Crippen molar-refractivity contribution in [2.24, 2.45) is 11.7 Å². The largest absolute Gasteiger partial charge is 0.377 e. The quantitative estimate of drug-likeness (QED) is 0.440. The Balaban J connectivity index is 1.39. The number of primary amides is 1. The molecule has 2 aromatic rings.